The number of nitro benzene ring substituents is 1. The van der Waals surface area contributed by atoms with Crippen LogP contribution in [0.15, 0.2) is 18.2 Å². The largest absolute Gasteiger partial charge is 0.383 e. The Morgan fingerprint density at radius 2 is 2.17 bits per heavy atom. The molecule has 0 saturated heterocycles. The predicted octanol–water partition coefficient (Wildman–Crippen LogP) is 1.92. The summed E-state index contributed by atoms with van der Waals surface area (Å²) in [5.41, 5.74) is 0.760. The molecule has 1 saturated carbocycles. The van der Waals surface area contributed by atoms with Gasteiger partial charge in [0.05, 0.1) is 4.92 Å². The fourth-order valence-electron chi connectivity index (χ4n) is 1.86. The van der Waals surface area contributed by atoms with Gasteiger partial charge in [0.2, 0.25) is 0 Å². The molecule has 2 rings (SSSR count). The van der Waals surface area contributed by atoms with Gasteiger partial charge >= 0.3 is 0 Å². The molecule has 1 amide bonds. The third-order valence-corrected chi connectivity index (χ3v) is 3.17. The summed E-state index contributed by atoms with van der Waals surface area (Å²) in [6, 6.07) is 4.59. The molecule has 2 N–H and O–H groups in total. The molecule has 1 aliphatic rings. The van der Waals surface area contributed by atoms with Crippen molar-refractivity contribution in [2.45, 2.75) is 25.3 Å². The zero-order valence-electron chi connectivity index (χ0n) is 10.1. The molecule has 1 aromatic rings. The number of nitrogens with zero attached hydrogens (tertiary/aromatic N) is 1. The molecule has 0 unspecified atom stereocenters. The van der Waals surface area contributed by atoms with E-state index in [0.29, 0.717) is 11.3 Å². The van der Waals surface area contributed by atoms with Gasteiger partial charge in [-0.15, -0.1) is 0 Å². The van der Waals surface area contributed by atoms with Crippen LogP contribution in [0.3, 0.4) is 0 Å². The second kappa shape index (κ2) is 5.03. The zero-order valence-corrected chi connectivity index (χ0v) is 10.1. The first-order valence-electron chi connectivity index (χ1n) is 5.89. The second-order valence-electron chi connectivity index (χ2n) is 4.34. The van der Waals surface area contributed by atoms with Crippen molar-refractivity contribution in [1.29, 1.82) is 0 Å². The Hall–Kier alpha value is -2.11. The number of nitrogens with one attached hydrogen (secondary N) is 2. The number of rotatable bonds is 4. The van der Waals surface area contributed by atoms with Crippen LogP contribution in [0.5, 0.6) is 0 Å². The van der Waals surface area contributed by atoms with E-state index in [4.69, 9.17) is 0 Å². The van der Waals surface area contributed by atoms with E-state index in [9.17, 15) is 14.9 Å². The van der Waals surface area contributed by atoms with E-state index in [0.717, 1.165) is 19.3 Å². The second-order valence-corrected chi connectivity index (χ2v) is 4.34. The molecule has 0 heterocycles. The van der Waals surface area contributed by atoms with Crippen molar-refractivity contribution >= 4 is 17.3 Å². The van der Waals surface area contributed by atoms with E-state index in [-0.39, 0.29) is 17.6 Å². The Morgan fingerprint density at radius 3 is 2.67 bits per heavy atom. The molecule has 0 atom stereocenters. The Kier molecular flexibility index (Phi) is 3.45. The summed E-state index contributed by atoms with van der Waals surface area (Å²) in [7, 11) is 1.59. The van der Waals surface area contributed by atoms with Gasteiger partial charge < -0.3 is 10.6 Å². The summed E-state index contributed by atoms with van der Waals surface area (Å²) in [6.45, 7) is 0. The van der Waals surface area contributed by atoms with Gasteiger partial charge in [0.1, 0.15) is 5.69 Å². The van der Waals surface area contributed by atoms with Crippen LogP contribution in [0, 0.1) is 10.1 Å². The van der Waals surface area contributed by atoms with Gasteiger partial charge in [-0.25, -0.2) is 0 Å². The number of carbonyl (C=O) groups excluding carboxylic acids is 1. The lowest BCUT2D eigenvalue weighted by atomic mass is 9.93. The summed E-state index contributed by atoms with van der Waals surface area (Å²) < 4.78 is 0. The van der Waals surface area contributed by atoms with Crippen molar-refractivity contribution in [3.05, 3.63) is 33.9 Å². The average Bonchev–Trinajstić information content (AvgIpc) is 2.32. The third-order valence-electron chi connectivity index (χ3n) is 3.17. The average molecular weight is 249 g/mol. The maximum absolute atomic E-state index is 11.9. The minimum absolute atomic E-state index is 0.0299. The minimum atomic E-state index is -0.473. The van der Waals surface area contributed by atoms with Gasteiger partial charge in [0.15, 0.2) is 0 Å². The first-order chi connectivity index (χ1) is 8.61. The summed E-state index contributed by atoms with van der Waals surface area (Å²) in [5, 5.41) is 16.4. The fourth-order valence-corrected chi connectivity index (χ4v) is 1.86. The first kappa shape index (κ1) is 12.3. The highest BCUT2D eigenvalue weighted by Gasteiger charge is 2.21. The van der Waals surface area contributed by atoms with E-state index >= 15 is 0 Å². The monoisotopic (exact) mass is 249 g/mol. The van der Waals surface area contributed by atoms with Crippen LogP contribution in [-0.4, -0.2) is 23.9 Å². The number of nitro groups is 1. The third kappa shape index (κ3) is 2.42. The van der Waals surface area contributed by atoms with E-state index < -0.39 is 4.92 Å². The summed E-state index contributed by atoms with van der Waals surface area (Å²) >= 11 is 0. The zero-order chi connectivity index (χ0) is 13.1. The molecule has 0 aliphatic heterocycles. The summed E-state index contributed by atoms with van der Waals surface area (Å²) in [6.07, 6.45) is 3.17. The lowest BCUT2D eigenvalue weighted by molar-refractivity contribution is -0.383. The highest BCUT2D eigenvalue weighted by molar-refractivity contribution is 5.96. The van der Waals surface area contributed by atoms with E-state index in [1.807, 2.05) is 0 Å². The minimum Gasteiger partial charge on any atom is -0.383 e. The van der Waals surface area contributed by atoms with Crippen molar-refractivity contribution < 1.29 is 9.72 Å². The van der Waals surface area contributed by atoms with Crippen LogP contribution >= 0.6 is 0 Å². The topological polar surface area (TPSA) is 84.3 Å². The molecule has 96 valence electrons. The van der Waals surface area contributed by atoms with Crippen molar-refractivity contribution in [3.63, 3.8) is 0 Å². The van der Waals surface area contributed by atoms with Crippen molar-refractivity contribution in [3.8, 4) is 0 Å². The molecule has 0 radical (unpaired) electrons. The highest BCUT2D eigenvalue weighted by Crippen LogP contribution is 2.25. The van der Waals surface area contributed by atoms with Gasteiger partial charge in [-0.05, 0) is 31.4 Å². The van der Waals surface area contributed by atoms with Crippen LogP contribution in [0.2, 0.25) is 0 Å². The van der Waals surface area contributed by atoms with E-state index in [1.165, 1.54) is 18.2 Å². The Balaban J connectivity index is 2.17. The predicted molar refractivity (Wildman–Crippen MR) is 67.7 cm³/mol. The standard InChI is InChI=1S/C12H15N3O3/c1-13-10-7-8(5-6-11(10)15(17)18)12(16)14-9-3-2-4-9/h5-7,9,13H,2-4H2,1H3,(H,14,16). The Labute approximate surface area is 105 Å². The van der Waals surface area contributed by atoms with Crippen molar-refractivity contribution in [2.75, 3.05) is 12.4 Å². The number of benzene rings is 1. The Morgan fingerprint density at radius 1 is 1.44 bits per heavy atom. The molecule has 1 aromatic carbocycles. The number of anilines is 1. The molecule has 0 aromatic heterocycles. The lowest BCUT2D eigenvalue weighted by Gasteiger charge is -2.26. The lowest BCUT2D eigenvalue weighted by Crippen LogP contribution is -2.39. The summed E-state index contributed by atoms with van der Waals surface area (Å²) in [5.74, 6) is -0.175. The number of amides is 1. The van der Waals surface area contributed by atoms with Gasteiger partial charge in [0, 0.05) is 24.7 Å². The van der Waals surface area contributed by atoms with Crippen LogP contribution in [0.1, 0.15) is 29.6 Å². The molecule has 18 heavy (non-hydrogen) atoms. The molecular formula is C12H15N3O3. The molecular weight excluding hydrogens is 234 g/mol. The molecule has 1 fully saturated rings. The molecule has 0 spiro atoms. The quantitative estimate of drug-likeness (QED) is 0.630. The number of hydrogen-bond acceptors (Lipinski definition) is 4. The van der Waals surface area contributed by atoms with Crippen LogP contribution in [0.4, 0.5) is 11.4 Å². The van der Waals surface area contributed by atoms with Crippen molar-refractivity contribution in [2.24, 2.45) is 0 Å². The highest BCUT2D eigenvalue weighted by atomic mass is 16.6. The maximum Gasteiger partial charge on any atom is 0.292 e. The van der Waals surface area contributed by atoms with Gasteiger partial charge in [-0.1, -0.05) is 0 Å². The first-order valence-corrected chi connectivity index (χ1v) is 5.89. The van der Waals surface area contributed by atoms with Crippen LogP contribution < -0.4 is 10.6 Å². The summed E-state index contributed by atoms with van der Waals surface area (Å²) in [4.78, 5) is 22.2. The smallest absolute Gasteiger partial charge is 0.292 e. The Bertz CT molecular complexity index is 483. The molecule has 6 heteroatoms. The fraction of sp³-hybridized carbons (Fsp3) is 0.417. The van der Waals surface area contributed by atoms with Gasteiger partial charge in [0.25, 0.3) is 11.6 Å². The number of carbonyl (C=O) groups is 1. The normalized spacial score (nSPS) is 14.7. The maximum atomic E-state index is 11.9. The van der Waals surface area contributed by atoms with Crippen LogP contribution in [-0.2, 0) is 0 Å². The van der Waals surface area contributed by atoms with E-state index in [1.54, 1.807) is 7.05 Å². The molecule has 1 aliphatic carbocycles. The van der Waals surface area contributed by atoms with Gasteiger partial charge in [-0.2, -0.15) is 0 Å². The van der Waals surface area contributed by atoms with Crippen LogP contribution in [0.25, 0.3) is 0 Å². The van der Waals surface area contributed by atoms with Crippen molar-refractivity contribution in [1.82, 2.24) is 5.32 Å². The number of hydrogen-bond donors (Lipinski definition) is 2. The van der Waals surface area contributed by atoms with E-state index in [2.05, 4.69) is 10.6 Å². The van der Waals surface area contributed by atoms with Gasteiger partial charge in [-0.3, -0.25) is 14.9 Å². The molecule has 0 bridgehead atoms. The SMILES string of the molecule is CNc1cc(C(=O)NC2CCC2)ccc1[N+](=O)[O-]. The molecule has 6 nitrogen and oxygen atoms in total.